The first-order valence-corrected chi connectivity index (χ1v) is 12.6. The standard InChI is InChI=1S/C23H27N3O6S/c1-33(29,30)26(19-7-8-20-21(13-19)32-11-10-31-20)16-22(27)24-14-17-4-2-5-18(12-17)15-25-9-3-6-23(25)28/h2,4-5,7-8,12-13H,3,6,9-11,14-16H2,1H3,(H,24,27). The molecule has 10 heteroatoms. The molecule has 0 bridgehead atoms. The smallest absolute Gasteiger partial charge is 0.241 e. The van der Waals surface area contributed by atoms with Gasteiger partial charge in [0.05, 0.1) is 11.9 Å². The summed E-state index contributed by atoms with van der Waals surface area (Å²) in [5.74, 6) is 0.712. The van der Waals surface area contributed by atoms with Crippen molar-refractivity contribution < 1.29 is 27.5 Å². The SMILES string of the molecule is CS(=O)(=O)N(CC(=O)NCc1cccc(CN2CCCC2=O)c1)c1ccc2c(c1)OCCO2. The molecule has 0 aromatic heterocycles. The monoisotopic (exact) mass is 473 g/mol. The molecule has 0 unspecified atom stereocenters. The molecule has 0 atom stereocenters. The molecule has 2 amide bonds. The van der Waals surface area contributed by atoms with Crippen LogP contribution in [-0.4, -0.2) is 57.7 Å². The van der Waals surface area contributed by atoms with Gasteiger partial charge in [-0.3, -0.25) is 13.9 Å². The molecule has 176 valence electrons. The van der Waals surface area contributed by atoms with Crippen molar-refractivity contribution in [2.75, 3.05) is 36.9 Å². The van der Waals surface area contributed by atoms with Gasteiger partial charge in [-0.05, 0) is 29.7 Å². The quantitative estimate of drug-likeness (QED) is 0.625. The van der Waals surface area contributed by atoms with Gasteiger partial charge in [0.1, 0.15) is 19.8 Å². The maximum absolute atomic E-state index is 12.6. The van der Waals surface area contributed by atoms with E-state index in [4.69, 9.17) is 9.47 Å². The Balaban J connectivity index is 1.39. The van der Waals surface area contributed by atoms with Gasteiger partial charge in [0.15, 0.2) is 11.5 Å². The molecule has 0 aliphatic carbocycles. The van der Waals surface area contributed by atoms with E-state index in [0.717, 1.165) is 34.7 Å². The molecule has 2 aromatic carbocycles. The highest BCUT2D eigenvalue weighted by molar-refractivity contribution is 7.92. The van der Waals surface area contributed by atoms with E-state index in [-0.39, 0.29) is 19.0 Å². The summed E-state index contributed by atoms with van der Waals surface area (Å²) in [7, 11) is -3.71. The molecule has 9 nitrogen and oxygen atoms in total. The van der Waals surface area contributed by atoms with Crippen molar-refractivity contribution in [1.82, 2.24) is 10.2 Å². The summed E-state index contributed by atoms with van der Waals surface area (Å²) in [4.78, 5) is 26.3. The van der Waals surface area contributed by atoms with Crippen LogP contribution in [0.5, 0.6) is 11.5 Å². The van der Waals surface area contributed by atoms with E-state index in [1.54, 1.807) is 18.2 Å². The van der Waals surface area contributed by atoms with Crippen molar-refractivity contribution in [3.05, 3.63) is 53.6 Å². The molecule has 0 saturated carbocycles. The Morgan fingerprint density at radius 2 is 1.85 bits per heavy atom. The number of benzene rings is 2. The molecular weight excluding hydrogens is 446 g/mol. The lowest BCUT2D eigenvalue weighted by Crippen LogP contribution is -2.40. The van der Waals surface area contributed by atoms with Crippen molar-refractivity contribution in [2.45, 2.75) is 25.9 Å². The molecule has 2 aliphatic heterocycles. The number of fused-ring (bicyclic) bond motifs is 1. The third kappa shape index (κ3) is 5.75. The van der Waals surface area contributed by atoms with Gasteiger partial charge < -0.3 is 19.7 Å². The summed E-state index contributed by atoms with van der Waals surface area (Å²) in [6.45, 7) is 2.01. The zero-order valence-electron chi connectivity index (χ0n) is 18.5. The highest BCUT2D eigenvalue weighted by Gasteiger charge is 2.23. The summed E-state index contributed by atoms with van der Waals surface area (Å²) >= 11 is 0. The summed E-state index contributed by atoms with van der Waals surface area (Å²) in [6.07, 6.45) is 2.53. The normalized spacial score (nSPS) is 15.4. The van der Waals surface area contributed by atoms with Gasteiger partial charge in [-0.15, -0.1) is 0 Å². The van der Waals surface area contributed by atoms with Crippen molar-refractivity contribution >= 4 is 27.5 Å². The van der Waals surface area contributed by atoms with Crippen LogP contribution < -0.4 is 19.1 Å². The number of carbonyl (C=O) groups excluding carboxylic acids is 2. The largest absolute Gasteiger partial charge is 0.486 e. The number of rotatable bonds is 8. The summed E-state index contributed by atoms with van der Waals surface area (Å²) in [6, 6.07) is 12.4. The molecule has 0 spiro atoms. The molecule has 1 N–H and O–H groups in total. The van der Waals surface area contributed by atoms with Crippen molar-refractivity contribution in [3.8, 4) is 11.5 Å². The number of nitrogens with one attached hydrogen (secondary N) is 1. The van der Waals surface area contributed by atoms with E-state index in [2.05, 4.69) is 5.32 Å². The van der Waals surface area contributed by atoms with Crippen LogP contribution in [0.2, 0.25) is 0 Å². The summed E-state index contributed by atoms with van der Waals surface area (Å²) in [5, 5.41) is 2.78. The number of ether oxygens (including phenoxy) is 2. The molecule has 33 heavy (non-hydrogen) atoms. The Labute approximate surface area is 193 Å². The van der Waals surface area contributed by atoms with E-state index in [9.17, 15) is 18.0 Å². The number of amides is 2. The highest BCUT2D eigenvalue weighted by Crippen LogP contribution is 2.34. The van der Waals surface area contributed by atoms with Crippen molar-refractivity contribution in [2.24, 2.45) is 0 Å². The van der Waals surface area contributed by atoms with Crippen LogP contribution in [0.3, 0.4) is 0 Å². The number of hydrogen-bond acceptors (Lipinski definition) is 6. The molecule has 1 fully saturated rings. The first-order valence-electron chi connectivity index (χ1n) is 10.8. The first kappa shape index (κ1) is 22.9. The Hall–Kier alpha value is -3.27. The minimum atomic E-state index is -3.71. The van der Waals surface area contributed by atoms with Crippen LogP contribution in [0.1, 0.15) is 24.0 Å². The molecule has 2 aromatic rings. The lowest BCUT2D eigenvalue weighted by molar-refractivity contribution is -0.128. The number of likely N-dealkylation sites (tertiary alicyclic amines) is 1. The Kier molecular flexibility index (Phi) is 6.73. The Morgan fingerprint density at radius 3 is 2.58 bits per heavy atom. The second-order valence-corrected chi connectivity index (χ2v) is 10.0. The zero-order chi connectivity index (χ0) is 23.4. The number of hydrogen-bond donors (Lipinski definition) is 1. The third-order valence-electron chi connectivity index (χ3n) is 5.53. The van der Waals surface area contributed by atoms with E-state index < -0.39 is 15.9 Å². The molecule has 2 aliphatic rings. The van der Waals surface area contributed by atoms with Crippen LogP contribution in [0.25, 0.3) is 0 Å². The average Bonchev–Trinajstić information content (AvgIpc) is 3.19. The topological polar surface area (TPSA) is 105 Å². The fourth-order valence-electron chi connectivity index (χ4n) is 3.90. The first-order chi connectivity index (χ1) is 15.8. The fourth-order valence-corrected chi connectivity index (χ4v) is 4.75. The van der Waals surface area contributed by atoms with Crippen LogP contribution in [0, 0.1) is 0 Å². The number of anilines is 1. The minimum absolute atomic E-state index is 0.161. The van der Waals surface area contributed by atoms with Gasteiger partial charge in [-0.2, -0.15) is 0 Å². The lowest BCUT2D eigenvalue weighted by atomic mass is 10.1. The van der Waals surface area contributed by atoms with Gasteiger partial charge in [-0.25, -0.2) is 8.42 Å². The molecular formula is C23H27N3O6S. The highest BCUT2D eigenvalue weighted by atomic mass is 32.2. The Morgan fingerprint density at radius 1 is 1.09 bits per heavy atom. The predicted molar refractivity (Wildman–Crippen MR) is 123 cm³/mol. The Bertz CT molecular complexity index is 1150. The van der Waals surface area contributed by atoms with E-state index in [1.807, 2.05) is 29.2 Å². The fraction of sp³-hybridized carbons (Fsp3) is 0.391. The summed E-state index contributed by atoms with van der Waals surface area (Å²) in [5.41, 5.74) is 2.19. The van der Waals surface area contributed by atoms with Crippen LogP contribution in [0.15, 0.2) is 42.5 Å². The third-order valence-corrected chi connectivity index (χ3v) is 6.67. The average molecular weight is 474 g/mol. The van der Waals surface area contributed by atoms with Crippen molar-refractivity contribution in [3.63, 3.8) is 0 Å². The van der Waals surface area contributed by atoms with Crippen LogP contribution in [-0.2, 0) is 32.7 Å². The predicted octanol–water partition coefficient (Wildman–Crippen LogP) is 1.66. The summed E-state index contributed by atoms with van der Waals surface area (Å²) < 4.78 is 36.8. The van der Waals surface area contributed by atoms with Gasteiger partial charge in [0.2, 0.25) is 21.8 Å². The number of sulfonamides is 1. The van der Waals surface area contributed by atoms with Gasteiger partial charge in [0, 0.05) is 32.1 Å². The van der Waals surface area contributed by atoms with Crippen molar-refractivity contribution in [1.29, 1.82) is 0 Å². The van der Waals surface area contributed by atoms with Gasteiger partial charge >= 0.3 is 0 Å². The van der Waals surface area contributed by atoms with Crippen LogP contribution >= 0.6 is 0 Å². The second-order valence-electron chi connectivity index (χ2n) is 8.11. The maximum Gasteiger partial charge on any atom is 0.241 e. The van der Waals surface area contributed by atoms with Gasteiger partial charge in [-0.1, -0.05) is 24.3 Å². The molecule has 2 heterocycles. The zero-order valence-corrected chi connectivity index (χ0v) is 19.3. The second kappa shape index (κ2) is 9.70. The molecule has 4 rings (SSSR count). The van der Waals surface area contributed by atoms with Crippen LogP contribution in [0.4, 0.5) is 5.69 Å². The molecule has 0 radical (unpaired) electrons. The lowest BCUT2D eigenvalue weighted by Gasteiger charge is -2.24. The van der Waals surface area contributed by atoms with E-state index in [1.165, 1.54) is 0 Å². The van der Waals surface area contributed by atoms with E-state index in [0.29, 0.717) is 43.4 Å². The minimum Gasteiger partial charge on any atom is -0.486 e. The number of nitrogens with zero attached hydrogens (tertiary/aromatic N) is 2. The van der Waals surface area contributed by atoms with Gasteiger partial charge in [0.25, 0.3) is 0 Å². The number of carbonyl (C=O) groups is 2. The molecule has 1 saturated heterocycles. The van der Waals surface area contributed by atoms with E-state index >= 15 is 0 Å². The maximum atomic E-state index is 12.6.